The van der Waals surface area contributed by atoms with E-state index in [1.54, 1.807) is 12.1 Å². The van der Waals surface area contributed by atoms with E-state index in [2.05, 4.69) is 21.2 Å². The van der Waals surface area contributed by atoms with Crippen LogP contribution in [0.5, 0.6) is 0 Å². The Balaban J connectivity index is 1.81. The lowest BCUT2D eigenvalue weighted by molar-refractivity contribution is -0.140. The van der Waals surface area contributed by atoms with Gasteiger partial charge < -0.3 is 10.2 Å². The van der Waals surface area contributed by atoms with Gasteiger partial charge in [0.15, 0.2) is 0 Å². The molecular weight excluding hydrogens is 674 g/mol. The average molecular weight is 711 g/mol. The molecule has 7 nitrogen and oxygen atoms in total. The van der Waals surface area contributed by atoms with E-state index in [-0.39, 0.29) is 23.8 Å². The van der Waals surface area contributed by atoms with Crippen molar-refractivity contribution in [3.05, 3.63) is 129 Å². The SMILES string of the molecule is CCCNC(=O)[C@H](Cc1ccccc1)N(Cc1ccc(Br)cc1)C(=O)CN(c1ccc(C)c(C)c1)S(=O)(=O)c1ccc(Cl)cc1. The second-order valence-electron chi connectivity index (χ2n) is 10.9. The van der Waals surface area contributed by atoms with Crippen LogP contribution >= 0.6 is 27.5 Å². The molecule has 0 aliphatic heterocycles. The summed E-state index contributed by atoms with van der Waals surface area (Å²) in [6, 6.07) is 27.2. The zero-order valence-electron chi connectivity index (χ0n) is 25.5. The van der Waals surface area contributed by atoms with Crippen molar-refractivity contribution >= 4 is 55.1 Å². The highest BCUT2D eigenvalue weighted by Crippen LogP contribution is 2.28. The van der Waals surface area contributed by atoms with E-state index in [1.807, 2.05) is 81.4 Å². The van der Waals surface area contributed by atoms with Crippen molar-refractivity contribution in [1.82, 2.24) is 10.2 Å². The summed E-state index contributed by atoms with van der Waals surface area (Å²) in [6.45, 7) is 5.82. The van der Waals surface area contributed by atoms with Crippen molar-refractivity contribution in [2.45, 2.75) is 51.1 Å². The highest BCUT2D eigenvalue weighted by Gasteiger charge is 2.34. The first-order valence-electron chi connectivity index (χ1n) is 14.7. The van der Waals surface area contributed by atoms with Crippen LogP contribution in [0.15, 0.2) is 106 Å². The minimum Gasteiger partial charge on any atom is -0.354 e. The maximum Gasteiger partial charge on any atom is 0.264 e. The number of carbonyl (C=O) groups excluding carboxylic acids is 2. The van der Waals surface area contributed by atoms with Crippen LogP contribution < -0.4 is 9.62 Å². The van der Waals surface area contributed by atoms with Crippen molar-refractivity contribution in [1.29, 1.82) is 0 Å². The van der Waals surface area contributed by atoms with Gasteiger partial charge in [0.05, 0.1) is 10.6 Å². The number of sulfonamides is 1. The van der Waals surface area contributed by atoms with Gasteiger partial charge in [0.1, 0.15) is 12.6 Å². The van der Waals surface area contributed by atoms with Gasteiger partial charge in [-0.05, 0) is 91.1 Å². The highest BCUT2D eigenvalue weighted by atomic mass is 79.9. The summed E-state index contributed by atoms with van der Waals surface area (Å²) < 4.78 is 30.3. The Morgan fingerprint density at radius 1 is 0.867 bits per heavy atom. The van der Waals surface area contributed by atoms with E-state index in [0.717, 1.165) is 37.5 Å². The van der Waals surface area contributed by atoms with Crippen LogP contribution in [0.1, 0.15) is 35.6 Å². The van der Waals surface area contributed by atoms with E-state index in [4.69, 9.17) is 11.6 Å². The largest absolute Gasteiger partial charge is 0.354 e. The molecule has 0 bridgehead atoms. The number of carbonyl (C=O) groups is 2. The molecule has 4 aromatic rings. The lowest BCUT2D eigenvalue weighted by Gasteiger charge is -2.34. The Morgan fingerprint density at radius 2 is 1.53 bits per heavy atom. The zero-order valence-corrected chi connectivity index (χ0v) is 28.7. The summed E-state index contributed by atoms with van der Waals surface area (Å²) in [7, 11) is -4.21. The molecule has 0 saturated heterocycles. The number of hydrogen-bond acceptors (Lipinski definition) is 4. The molecule has 0 aromatic heterocycles. The van der Waals surface area contributed by atoms with E-state index in [9.17, 15) is 18.0 Å². The van der Waals surface area contributed by atoms with E-state index >= 15 is 0 Å². The van der Waals surface area contributed by atoms with Crippen molar-refractivity contribution in [3.8, 4) is 0 Å². The monoisotopic (exact) mass is 709 g/mol. The first kappa shape index (κ1) is 34.2. The Morgan fingerprint density at radius 3 is 2.16 bits per heavy atom. The van der Waals surface area contributed by atoms with Crippen molar-refractivity contribution in [2.24, 2.45) is 0 Å². The molecule has 236 valence electrons. The molecule has 0 spiro atoms. The second-order valence-corrected chi connectivity index (χ2v) is 14.1. The van der Waals surface area contributed by atoms with Gasteiger partial charge >= 0.3 is 0 Å². The third kappa shape index (κ3) is 8.96. The van der Waals surface area contributed by atoms with Gasteiger partial charge in [0.25, 0.3) is 10.0 Å². The average Bonchev–Trinajstić information content (AvgIpc) is 3.03. The van der Waals surface area contributed by atoms with Gasteiger partial charge in [0, 0.05) is 29.0 Å². The maximum atomic E-state index is 14.5. The lowest BCUT2D eigenvalue weighted by atomic mass is 10.0. The molecule has 1 atom stereocenters. The maximum absolute atomic E-state index is 14.5. The van der Waals surface area contributed by atoms with Crippen molar-refractivity contribution in [3.63, 3.8) is 0 Å². The topological polar surface area (TPSA) is 86.8 Å². The minimum atomic E-state index is -4.21. The predicted molar refractivity (Wildman–Crippen MR) is 184 cm³/mol. The lowest BCUT2D eigenvalue weighted by Crippen LogP contribution is -2.53. The molecule has 0 heterocycles. The zero-order chi connectivity index (χ0) is 32.6. The van der Waals surface area contributed by atoms with Crippen molar-refractivity contribution < 1.29 is 18.0 Å². The molecule has 0 radical (unpaired) electrons. The van der Waals surface area contributed by atoms with E-state index in [1.165, 1.54) is 29.2 Å². The van der Waals surface area contributed by atoms with Crippen LogP contribution in [-0.4, -0.2) is 44.3 Å². The van der Waals surface area contributed by atoms with Gasteiger partial charge in [-0.1, -0.05) is 83.0 Å². The minimum absolute atomic E-state index is 0.00101. The Kier molecular flexibility index (Phi) is 11.8. The first-order valence-corrected chi connectivity index (χ1v) is 17.3. The number of anilines is 1. The number of hydrogen-bond donors (Lipinski definition) is 1. The van der Waals surface area contributed by atoms with Crippen LogP contribution in [0.2, 0.25) is 5.02 Å². The summed E-state index contributed by atoms with van der Waals surface area (Å²) in [5.41, 5.74) is 3.89. The van der Waals surface area contributed by atoms with Crippen LogP contribution in [0.25, 0.3) is 0 Å². The number of rotatable bonds is 13. The molecule has 0 unspecified atom stereocenters. The van der Waals surface area contributed by atoms with E-state index < -0.39 is 28.5 Å². The quantitative estimate of drug-likeness (QED) is 0.161. The molecule has 10 heteroatoms. The van der Waals surface area contributed by atoms with E-state index in [0.29, 0.717) is 17.3 Å². The number of amides is 2. The molecular formula is C35H37BrClN3O4S. The number of nitrogens with one attached hydrogen (secondary N) is 1. The van der Waals surface area contributed by atoms with Crippen LogP contribution in [0.3, 0.4) is 0 Å². The molecule has 0 fully saturated rings. The number of nitrogens with zero attached hydrogens (tertiary/aromatic N) is 2. The van der Waals surface area contributed by atoms with Gasteiger partial charge in [-0.15, -0.1) is 0 Å². The Hall–Kier alpha value is -3.66. The Bertz CT molecular complexity index is 1720. The molecule has 1 N–H and O–H groups in total. The molecule has 45 heavy (non-hydrogen) atoms. The fourth-order valence-electron chi connectivity index (χ4n) is 4.85. The molecule has 2 amide bonds. The standard InChI is InChI=1S/C35H37BrClN3O4S/c1-4-20-38-35(42)33(22-27-8-6-5-7-9-27)39(23-28-11-13-29(36)14-12-28)34(41)24-40(31-17-10-25(2)26(3)21-31)45(43,44)32-18-15-30(37)16-19-32/h5-19,21,33H,4,20,22-24H2,1-3H3,(H,38,42)/t33-/m0/s1. The number of benzene rings is 4. The van der Waals surface area contributed by atoms with Crippen molar-refractivity contribution in [2.75, 3.05) is 17.4 Å². The summed E-state index contributed by atoms with van der Waals surface area (Å²) in [6.07, 6.45) is 0.983. The van der Waals surface area contributed by atoms with Gasteiger partial charge in [-0.2, -0.15) is 0 Å². The van der Waals surface area contributed by atoms with Gasteiger partial charge in [-0.3, -0.25) is 13.9 Å². The molecule has 4 aromatic carbocycles. The molecule has 0 aliphatic rings. The first-order chi connectivity index (χ1) is 21.5. The third-order valence-electron chi connectivity index (χ3n) is 7.55. The van der Waals surface area contributed by atoms with Gasteiger partial charge in [0.2, 0.25) is 11.8 Å². The van der Waals surface area contributed by atoms with Crippen LogP contribution in [0, 0.1) is 13.8 Å². The molecule has 4 rings (SSSR count). The summed E-state index contributed by atoms with van der Waals surface area (Å²) in [5, 5.41) is 3.35. The summed E-state index contributed by atoms with van der Waals surface area (Å²) >= 11 is 9.52. The fraction of sp³-hybridized carbons (Fsp3) is 0.257. The summed E-state index contributed by atoms with van der Waals surface area (Å²) in [4.78, 5) is 29.7. The highest BCUT2D eigenvalue weighted by molar-refractivity contribution is 9.10. The second kappa shape index (κ2) is 15.6. The van der Waals surface area contributed by atoms with Gasteiger partial charge in [-0.25, -0.2) is 8.42 Å². The summed E-state index contributed by atoms with van der Waals surface area (Å²) in [5.74, 6) is -0.814. The van der Waals surface area contributed by atoms with Crippen LogP contribution in [0.4, 0.5) is 5.69 Å². The Labute approximate surface area is 279 Å². The third-order valence-corrected chi connectivity index (χ3v) is 10.1. The van der Waals surface area contributed by atoms with Crippen LogP contribution in [-0.2, 0) is 32.6 Å². The molecule has 0 saturated carbocycles. The fourth-order valence-corrected chi connectivity index (χ4v) is 6.65. The smallest absolute Gasteiger partial charge is 0.264 e. The number of aryl methyl sites for hydroxylation is 2. The normalized spacial score (nSPS) is 11.9. The number of halogens is 2. The molecule has 0 aliphatic carbocycles. The predicted octanol–water partition coefficient (Wildman–Crippen LogP) is 7.08.